The third-order valence-corrected chi connectivity index (χ3v) is 2.58. The summed E-state index contributed by atoms with van der Waals surface area (Å²) in [6, 6.07) is 7.14. The third-order valence-electron chi connectivity index (χ3n) is 2.58. The molecule has 1 aromatic carbocycles. The number of nitriles is 1. The Bertz CT molecular complexity index is 461. The van der Waals surface area contributed by atoms with Crippen LogP contribution in [0.1, 0.15) is 32.3 Å². The second kappa shape index (κ2) is 6.65. The van der Waals surface area contributed by atoms with Crippen LogP contribution in [-0.4, -0.2) is 13.0 Å². The molecule has 0 saturated carbocycles. The fourth-order valence-electron chi connectivity index (χ4n) is 1.55. The Kier molecular flexibility index (Phi) is 5.19. The van der Waals surface area contributed by atoms with Crippen LogP contribution in [0.25, 0.3) is 0 Å². The summed E-state index contributed by atoms with van der Waals surface area (Å²) < 4.78 is 5.15. The van der Waals surface area contributed by atoms with E-state index < -0.39 is 0 Å². The second-order valence-electron chi connectivity index (χ2n) is 4.48. The first kappa shape index (κ1) is 14.0. The average Bonchev–Trinajstić information content (AvgIpc) is 2.36. The molecule has 0 aromatic heterocycles. The lowest BCUT2D eigenvalue weighted by atomic mass is 10.1. The van der Waals surface area contributed by atoms with E-state index in [0.29, 0.717) is 29.3 Å². The van der Waals surface area contributed by atoms with Crippen LogP contribution in [0, 0.1) is 17.2 Å². The number of amides is 1. The van der Waals surface area contributed by atoms with Crippen molar-refractivity contribution in [1.29, 1.82) is 5.26 Å². The van der Waals surface area contributed by atoms with Crippen molar-refractivity contribution < 1.29 is 9.53 Å². The molecule has 1 aromatic rings. The molecule has 0 fully saturated rings. The Morgan fingerprint density at radius 1 is 1.50 bits per heavy atom. The quantitative estimate of drug-likeness (QED) is 0.868. The van der Waals surface area contributed by atoms with E-state index in [2.05, 4.69) is 19.2 Å². The van der Waals surface area contributed by atoms with Crippen molar-refractivity contribution in [3.05, 3.63) is 23.8 Å². The van der Waals surface area contributed by atoms with Gasteiger partial charge in [-0.2, -0.15) is 5.26 Å². The first-order valence-corrected chi connectivity index (χ1v) is 5.95. The van der Waals surface area contributed by atoms with Gasteiger partial charge in [0.15, 0.2) is 0 Å². The van der Waals surface area contributed by atoms with Crippen molar-refractivity contribution in [3.8, 4) is 11.8 Å². The van der Waals surface area contributed by atoms with E-state index in [1.54, 1.807) is 18.2 Å². The van der Waals surface area contributed by atoms with E-state index in [0.717, 1.165) is 6.42 Å². The van der Waals surface area contributed by atoms with Gasteiger partial charge in [-0.15, -0.1) is 0 Å². The summed E-state index contributed by atoms with van der Waals surface area (Å²) in [4.78, 5) is 11.8. The summed E-state index contributed by atoms with van der Waals surface area (Å²) in [5, 5.41) is 11.8. The van der Waals surface area contributed by atoms with Gasteiger partial charge in [0.2, 0.25) is 5.91 Å². The molecule has 1 N–H and O–H groups in total. The Labute approximate surface area is 108 Å². The van der Waals surface area contributed by atoms with Gasteiger partial charge in [-0.1, -0.05) is 19.9 Å². The van der Waals surface area contributed by atoms with Crippen molar-refractivity contribution in [2.75, 3.05) is 12.4 Å². The van der Waals surface area contributed by atoms with Gasteiger partial charge < -0.3 is 10.1 Å². The molecule has 0 saturated heterocycles. The highest BCUT2D eigenvalue weighted by atomic mass is 16.5. The van der Waals surface area contributed by atoms with Gasteiger partial charge in [0.25, 0.3) is 0 Å². The van der Waals surface area contributed by atoms with Gasteiger partial charge in [0.05, 0.1) is 12.7 Å². The summed E-state index contributed by atoms with van der Waals surface area (Å²) in [5.74, 6) is 0.889. The highest BCUT2D eigenvalue weighted by molar-refractivity contribution is 5.93. The predicted octanol–water partition coefficient (Wildman–Crippen LogP) is 2.94. The number of para-hydroxylation sites is 1. The van der Waals surface area contributed by atoms with Crippen LogP contribution in [0.2, 0.25) is 0 Å². The number of anilines is 1. The number of rotatable bonds is 5. The topological polar surface area (TPSA) is 62.1 Å². The number of ether oxygens (including phenoxy) is 1. The molecule has 4 nitrogen and oxygen atoms in total. The maximum Gasteiger partial charge on any atom is 0.224 e. The predicted molar refractivity (Wildman–Crippen MR) is 70.4 cm³/mol. The molecule has 0 aliphatic rings. The van der Waals surface area contributed by atoms with Crippen LogP contribution < -0.4 is 10.1 Å². The maximum absolute atomic E-state index is 11.8. The number of nitrogens with zero attached hydrogens (tertiary/aromatic N) is 1. The molecule has 4 heteroatoms. The van der Waals surface area contributed by atoms with Crippen molar-refractivity contribution in [2.24, 2.45) is 5.92 Å². The second-order valence-corrected chi connectivity index (χ2v) is 4.48. The fraction of sp³-hybridized carbons (Fsp3) is 0.429. The summed E-state index contributed by atoms with van der Waals surface area (Å²) >= 11 is 0. The Morgan fingerprint density at radius 2 is 2.22 bits per heavy atom. The maximum atomic E-state index is 11.8. The summed E-state index contributed by atoms with van der Waals surface area (Å²) in [6.45, 7) is 4.13. The zero-order valence-corrected chi connectivity index (χ0v) is 11.0. The molecule has 0 atom stereocenters. The van der Waals surface area contributed by atoms with Crippen molar-refractivity contribution >= 4 is 11.6 Å². The molecular formula is C14H18N2O2. The van der Waals surface area contributed by atoms with Crippen LogP contribution in [0.5, 0.6) is 5.75 Å². The number of nitrogens with one attached hydrogen (secondary N) is 1. The van der Waals surface area contributed by atoms with Gasteiger partial charge >= 0.3 is 0 Å². The van der Waals surface area contributed by atoms with E-state index in [4.69, 9.17) is 10.00 Å². The number of hydrogen-bond acceptors (Lipinski definition) is 3. The molecule has 0 spiro atoms. The van der Waals surface area contributed by atoms with Gasteiger partial charge in [-0.05, 0) is 24.5 Å². The van der Waals surface area contributed by atoms with Gasteiger partial charge in [0.1, 0.15) is 17.5 Å². The molecule has 96 valence electrons. The lowest BCUT2D eigenvalue weighted by Crippen LogP contribution is -2.14. The van der Waals surface area contributed by atoms with Crippen molar-refractivity contribution in [1.82, 2.24) is 0 Å². The van der Waals surface area contributed by atoms with Gasteiger partial charge in [0, 0.05) is 6.42 Å². The normalized spacial score (nSPS) is 9.94. The lowest BCUT2D eigenvalue weighted by molar-refractivity contribution is -0.116. The summed E-state index contributed by atoms with van der Waals surface area (Å²) in [6.07, 6.45) is 1.27. The molecular weight excluding hydrogens is 228 g/mol. The van der Waals surface area contributed by atoms with E-state index >= 15 is 0 Å². The minimum Gasteiger partial charge on any atom is -0.495 e. The minimum absolute atomic E-state index is 0.0929. The number of benzene rings is 1. The summed E-state index contributed by atoms with van der Waals surface area (Å²) in [7, 11) is 1.51. The van der Waals surface area contributed by atoms with Crippen LogP contribution in [0.3, 0.4) is 0 Å². The lowest BCUT2D eigenvalue weighted by Gasteiger charge is -2.12. The first-order chi connectivity index (χ1) is 8.58. The largest absolute Gasteiger partial charge is 0.495 e. The zero-order valence-electron chi connectivity index (χ0n) is 11.0. The minimum atomic E-state index is -0.0929. The van der Waals surface area contributed by atoms with Crippen molar-refractivity contribution in [2.45, 2.75) is 26.7 Å². The third kappa shape index (κ3) is 3.77. The van der Waals surface area contributed by atoms with E-state index in [1.807, 2.05) is 6.07 Å². The molecule has 0 aliphatic heterocycles. The molecule has 0 bridgehead atoms. The highest BCUT2D eigenvalue weighted by Crippen LogP contribution is 2.28. The number of carbonyl (C=O) groups is 1. The van der Waals surface area contributed by atoms with Crippen LogP contribution in [0.15, 0.2) is 18.2 Å². The summed E-state index contributed by atoms with van der Waals surface area (Å²) in [5.41, 5.74) is 0.864. The van der Waals surface area contributed by atoms with Crippen LogP contribution in [0.4, 0.5) is 5.69 Å². The Hall–Kier alpha value is -2.02. The van der Waals surface area contributed by atoms with Crippen LogP contribution in [-0.2, 0) is 4.79 Å². The number of hydrogen-bond donors (Lipinski definition) is 1. The SMILES string of the molecule is COc1cccc(C#N)c1NC(=O)CCC(C)C. The van der Waals surface area contributed by atoms with E-state index in [1.165, 1.54) is 7.11 Å². The molecule has 0 aliphatic carbocycles. The Balaban J connectivity index is 2.83. The molecule has 1 amide bonds. The standard InChI is InChI=1S/C14H18N2O2/c1-10(2)7-8-13(17)16-14-11(9-15)5-4-6-12(14)18-3/h4-6,10H,7-8H2,1-3H3,(H,16,17). The average molecular weight is 246 g/mol. The fourth-order valence-corrected chi connectivity index (χ4v) is 1.55. The van der Waals surface area contributed by atoms with E-state index in [9.17, 15) is 4.79 Å². The smallest absolute Gasteiger partial charge is 0.224 e. The zero-order chi connectivity index (χ0) is 13.5. The van der Waals surface area contributed by atoms with Gasteiger partial charge in [-0.3, -0.25) is 4.79 Å². The Morgan fingerprint density at radius 3 is 2.78 bits per heavy atom. The molecule has 0 heterocycles. The number of methoxy groups -OCH3 is 1. The van der Waals surface area contributed by atoms with E-state index in [-0.39, 0.29) is 5.91 Å². The molecule has 0 radical (unpaired) electrons. The first-order valence-electron chi connectivity index (χ1n) is 5.95. The van der Waals surface area contributed by atoms with Crippen LogP contribution >= 0.6 is 0 Å². The molecule has 1 rings (SSSR count). The molecule has 18 heavy (non-hydrogen) atoms. The number of carbonyl (C=O) groups excluding carboxylic acids is 1. The van der Waals surface area contributed by atoms with Crippen molar-refractivity contribution in [3.63, 3.8) is 0 Å². The molecule has 0 unspecified atom stereocenters. The van der Waals surface area contributed by atoms with Gasteiger partial charge in [-0.25, -0.2) is 0 Å². The highest BCUT2D eigenvalue weighted by Gasteiger charge is 2.12. The monoisotopic (exact) mass is 246 g/mol.